The highest BCUT2D eigenvalue weighted by atomic mass is 32.2. The van der Waals surface area contributed by atoms with Crippen LogP contribution in [0.2, 0.25) is 0 Å². The van der Waals surface area contributed by atoms with Crippen molar-refractivity contribution in [2.75, 3.05) is 20.7 Å². The third-order valence-electron chi connectivity index (χ3n) is 3.79. The SMILES string of the molecule is COc1cc(C)c(S(=O)(=O)N(C)CC(C)C(=O)O)cc1C(C)C. The first-order valence-corrected chi connectivity index (χ1v) is 8.84. The molecule has 0 bridgehead atoms. The molecule has 0 spiro atoms. The molecule has 1 aromatic carbocycles. The van der Waals surface area contributed by atoms with E-state index in [-0.39, 0.29) is 17.4 Å². The Morgan fingerprint density at radius 3 is 2.30 bits per heavy atom. The van der Waals surface area contributed by atoms with Crippen LogP contribution >= 0.6 is 0 Å². The zero-order valence-electron chi connectivity index (χ0n) is 14.5. The van der Waals surface area contributed by atoms with Gasteiger partial charge in [-0.15, -0.1) is 0 Å². The molecule has 7 heteroatoms. The van der Waals surface area contributed by atoms with Crippen molar-refractivity contribution < 1.29 is 23.1 Å². The van der Waals surface area contributed by atoms with Crippen LogP contribution in [-0.2, 0) is 14.8 Å². The van der Waals surface area contributed by atoms with Gasteiger partial charge in [0.1, 0.15) is 5.75 Å². The predicted octanol–water partition coefficient (Wildman–Crippen LogP) is 2.47. The van der Waals surface area contributed by atoms with Gasteiger partial charge in [0.2, 0.25) is 10.0 Å². The number of rotatable bonds is 7. The molecule has 0 amide bonds. The van der Waals surface area contributed by atoms with Gasteiger partial charge in [-0.25, -0.2) is 12.7 Å². The minimum atomic E-state index is -3.76. The number of benzene rings is 1. The standard InChI is InChI=1S/C16H25NO5S/c1-10(2)13-8-15(11(3)7-14(13)22-6)23(20,21)17(5)9-12(4)16(18)19/h7-8,10,12H,9H2,1-6H3,(H,18,19). The lowest BCUT2D eigenvalue weighted by Gasteiger charge is -2.22. The summed E-state index contributed by atoms with van der Waals surface area (Å²) in [5.74, 6) is -1.06. The van der Waals surface area contributed by atoms with Crippen molar-refractivity contribution in [1.82, 2.24) is 4.31 Å². The van der Waals surface area contributed by atoms with E-state index >= 15 is 0 Å². The summed E-state index contributed by atoms with van der Waals surface area (Å²) in [6, 6.07) is 3.33. The van der Waals surface area contributed by atoms with Gasteiger partial charge in [0.15, 0.2) is 0 Å². The van der Waals surface area contributed by atoms with Crippen molar-refractivity contribution in [3.8, 4) is 5.75 Å². The van der Waals surface area contributed by atoms with E-state index in [4.69, 9.17) is 9.84 Å². The number of nitrogens with zero attached hydrogens (tertiary/aromatic N) is 1. The van der Waals surface area contributed by atoms with E-state index < -0.39 is 21.9 Å². The van der Waals surface area contributed by atoms with Gasteiger partial charge in [-0.1, -0.05) is 20.8 Å². The van der Waals surface area contributed by atoms with Crippen LogP contribution in [0.15, 0.2) is 17.0 Å². The lowest BCUT2D eigenvalue weighted by molar-refractivity contribution is -0.141. The molecule has 0 saturated carbocycles. The summed E-state index contributed by atoms with van der Waals surface area (Å²) in [7, 11) is -0.817. The minimum Gasteiger partial charge on any atom is -0.496 e. The number of carboxylic acid groups (broad SMARTS) is 1. The highest BCUT2D eigenvalue weighted by Gasteiger charge is 2.27. The van der Waals surface area contributed by atoms with Crippen molar-refractivity contribution >= 4 is 16.0 Å². The Morgan fingerprint density at radius 2 is 1.87 bits per heavy atom. The van der Waals surface area contributed by atoms with Crippen LogP contribution in [0, 0.1) is 12.8 Å². The highest BCUT2D eigenvalue weighted by molar-refractivity contribution is 7.89. The quantitative estimate of drug-likeness (QED) is 0.822. The van der Waals surface area contributed by atoms with Gasteiger partial charge in [-0.05, 0) is 36.1 Å². The summed E-state index contributed by atoms with van der Waals surface area (Å²) < 4.78 is 32.0. The largest absolute Gasteiger partial charge is 0.496 e. The number of ether oxygens (including phenoxy) is 1. The number of methoxy groups -OCH3 is 1. The van der Waals surface area contributed by atoms with Gasteiger partial charge in [0.25, 0.3) is 0 Å². The van der Waals surface area contributed by atoms with Gasteiger partial charge < -0.3 is 9.84 Å². The molecule has 6 nitrogen and oxygen atoms in total. The zero-order chi connectivity index (χ0) is 17.9. The summed E-state index contributed by atoms with van der Waals surface area (Å²) in [5, 5.41) is 8.97. The fourth-order valence-electron chi connectivity index (χ4n) is 2.31. The minimum absolute atomic E-state index is 0.0832. The van der Waals surface area contributed by atoms with Crippen molar-refractivity contribution in [2.24, 2.45) is 5.92 Å². The molecule has 0 aliphatic carbocycles. The number of hydrogen-bond acceptors (Lipinski definition) is 4. The Bertz CT molecular complexity index is 682. The highest BCUT2D eigenvalue weighted by Crippen LogP contribution is 2.32. The van der Waals surface area contributed by atoms with E-state index in [9.17, 15) is 13.2 Å². The van der Waals surface area contributed by atoms with Crippen LogP contribution in [0.1, 0.15) is 37.8 Å². The van der Waals surface area contributed by atoms with Gasteiger partial charge in [-0.3, -0.25) is 4.79 Å². The second kappa shape index (κ2) is 7.31. The first-order valence-electron chi connectivity index (χ1n) is 7.40. The molecule has 130 valence electrons. The fourth-order valence-corrected chi connectivity index (χ4v) is 3.81. The predicted molar refractivity (Wildman–Crippen MR) is 88.4 cm³/mol. The lowest BCUT2D eigenvalue weighted by atomic mass is 10.0. The molecule has 0 aromatic heterocycles. The second-order valence-electron chi connectivity index (χ2n) is 6.04. The molecule has 0 heterocycles. The Kier molecular flexibility index (Phi) is 6.18. The van der Waals surface area contributed by atoms with Crippen LogP contribution in [0.4, 0.5) is 0 Å². The van der Waals surface area contributed by atoms with Crippen molar-refractivity contribution in [1.29, 1.82) is 0 Å². The summed E-state index contributed by atoms with van der Waals surface area (Å²) >= 11 is 0. The number of hydrogen-bond donors (Lipinski definition) is 1. The second-order valence-corrected chi connectivity index (χ2v) is 8.05. The monoisotopic (exact) mass is 343 g/mol. The lowest BCUT2D eigenvalue weighted by Crippen LogP contribution is -2.34. The maximum absolute atomic E-state index is 12.8. The summed E-state index contributed by atoms with van der Waals surface area (Å²) in [4.78, 5) is 11.1. The molecule has 1 unspecified atom stereocenters. The Labute approximate surface area is 138 Å². The first-order chi connectivity index (χ1) is 10.5. The molecular weight excluding hydrogens is 318 g/mol. The normalized spacial score (nSPS) is 13.4. The van der Waals surface area contributed by atoms with Gasteiger partial charge >= 0.3 is 5.97 Å². The average molecular weight is 343 g/mol. The van der Waals surface area contributed by atoms with E-state index in [1.807, 2.05) is 13.8 Å². The van der Waals surface area contributed by atoms with E-state index in [0.717, 1.165) is 9.87 Å². The molecule has 0 fully saturated rings. The Morgan fingerprint density at radius 1 is 1.30 bits per heavy atom. The topological polar surface area (TPSA) is 83.9 Å². The molecule has 0 radical (unpaired) electrons. The summed E-state index contributed by atoms with van der Waals surface area (Å²) in [6.07, 6.45) is 0. The van der Waals surface area contributed by atoms with Crippen LogP contribution in [-0.4, -0.2) is 44.5 Å². The Balaban J connectivity index is 3.32. The molecule has 1 N–H and O–H groups in total. The van der Waals surface area contributed by atoms with E-state index in [0.29, 0.717) is 11.3 Å². The fraction of sp³-hybridized carbons (Fsp3) is 0.562. The average Bonchev–Trinajstić information content (AvgIpc) is 2.45. The van der Waals surface area contributed by atoms with Crippen LogP contribution in [0.25, 0.3) is 0 Å². The number of carbonyl (C=O) groups is 1. The van der Waals surface area contributed by atoms with Gasteiger partial charge in [0, 0.05) is 13.6 Å². The first kappa shape index (κ1) is 19.4. The molecule has 0 aliphatic rings. The molecule has 1 aromatic rings. The molecule has 0 aliphatic heterocycles. The molecule has 1 rings (SSSR count). The van der Waals surface area contributed by atoms with Crippen LogP contribution in [0.5, 0.6) is 5.75 Å². The number of aliphatic carboxylic acids is 1. The van der Waals surface area contributed by atoms with Gasteiger partial charge in [-0.2, -0.15) is 0 Å². The maximum Gasteiger partial charge on any atom is 0.307 e. The zero-order valence-corrected chi connectivity index (χ0v) is 15.3. The van der Waals surface area contributed by atoms with E-state index in [1.165, 1.54) is 14.0 Å². The summed E-state index contributed by atoms with van der Waals surface area (Å²) in [6.45, 7) is 7.02. The smallest absolute Gasteiger partial charge is 0.307 e. The molecule has 1 atom stereocenters. The van der Waals surface area contributed by atoms with Crippen molar-refractivity contribution in [2.45, 2.75) is 38.5 Å². The Hall–Kier alpha value is -1.60. The summed E-state index contributed by atoms with van der Waals surface area (Å²) in [5.41, 5.74) is 1.37. The third kappa shape index (κ3) is 4.23. The van der Waals surface area contributed by atoms with E-state index in [2.05, 4.69) is 0 Å². The van der Waals surface area contributed by atoms with Crippen LogP contribution in [0.3, 0.4) is 0 Å². The van der Waals surface area contributed by atoms with E-state index in [1.54, 1.807) is 26.2 Å². The van der Waals surface area contributed by atoms with Crippen molar-refractivity contribution in [3.05, 3.63) is 23.3 Å². The number of sulfonamides is 1. The van der Waals surface area contributed by atoms with Gasteiger partial charge in [0.05, 0.1) is 17.9 Å². The third-order valence-corrected chi connectivity index (χ3v) is 5.76. The number of carboxylic acids is 1. The molecule has 0 saturated heterocycles. The molecule has 23 heavy (non-hydrogen) atoms. The number of aryl methyl sites for hydroxylation is 1. The van der Waals surface area contributed by atoms with Crippen molar-refractivity contribution in [3.63, 3.8) is 0 Å². The van der Waals surface area contributed by atoms with Crippen LogP contribution < -0.4 is 4.74 Å². The maximum atomic E-state index is 12.8. The molecular formula is C16H25NO5S.